The number of hydrogen-bond acceptors (Lipinski definition) is 4. The lowest BCUT2D eigenvalue weighted by atomic mass is 10.1. The van der Waals surface area contributed by atoms with Crippen molar-refractivity contribution in [1.82, 2.24) is 5.32 Å². The third-order valence-corrected chi connectivity index (χ3v) is 5.71. The van der Waals surface area contributed by atoms with Gasteiger partial charge in [0.15, 0.2) is 0 Å². The first-order valence-electron chi connectivity index (χ1n) is 13.3. The van der Waals surface area contributed by atoms with Gasteiger partial charge in [-0.25, -0.2) is 0 Å². The third kappa shape index (κ3) is 19.7. The van der Waals surface area contributed by atoms with Gasteiger partial charge < -0.3 is 20.6 Å². The van der Waals surface area contributed by atoms with E-state index in [0.717, 1.165) is 25.7 Å². The van der Waals surface area contributed by atoms with Gasteiger partial charge in [0.05, 0.1) is 18.8 Å². The zero-order valence-corrected chi connectivity index (χ0v) is 21.3. The minimum Gasteiger partial charge on any atom is -0.394 e. The maximum absolute atomic E-state index is 12.2. The largest absolute Gasteiger partial charge is 0.394 e. The summed E-state index contributed by atoms with van der Waals surface area (Å²) >= 11 is 0. The number of carbonyl (C=O) groups excluding carboxylic acids is 1. The molecule has 0 aromatic heterocycles. The van der Waals surface area contributed by atoms with Crippen LogP contribution in [0.5, 0.6) is 0 Å². The molecule has 3 unspecified atom stereocenters. The van der Waals surface area contributed by atoms with Gasteiger partial charge in [0.1, 0.15) is 6.10 Å². The number of unbranched alkanes of at least 4 members (excludes halogenated alkanes) is 10. The van der Waals surface area contributed by atoms with Crippen LogP contribution in [0.1, 0.15) is 110 Å². The number of aliphatic hydroxyl groups excluding tert-OH is 3. The molecule has 0 aliphatic rings. The van der Waals surface area contributed by atoms with Gasteiger partial charge in [-0.15, -0.1) is 0 Å². The second-order valence-corrected chi connectivity index (χ2v) is 8.88. The summed E-state index contributed by atoms with van der Waals surface area (Å²) < 4.78 is 0. The van der Waals surface area contributed by atoms with E-state index in [0.29, 0.717) is 12.8 Å². The van der Waals surface area contributed by atoms with Crippen molar-refractivity contribution in [2.45, 2.75) is 128 Å². The predicted octanol–water partition coefficient (Wildman–Crippen LogP) is 5.75. The normalized spacial score (nSPS) is 14.9. The van der Waals surface area contributed by atoms with Gasteiger partial charge in [0.25, 0.3) is 0 Å². The van der Waals surface area contributed by atoms with Crippen LogP contribution in [0, 0.1) is 0 Å². The van der Waals surface area contributed by atoms with E-state index in [9.17, 15) is 20.1 Å². The predicted molar refractivity (Wildman–Crippen MR) is 139 cm³/mol. The maximum Gasteiger partial charge on any atom is 0.249 e. The first-order chi connectivity index (χ1) is 16.1. The summed E-state index contributed by atoms with van der Waals surface area (Å²) in [4.78, 5) is 12.2. The fourth-order valence-electron chi connectivity index (χ4n) is 3.49. The highest BCUT2D eigenvalue weighted by molar-refractivity contribution is 5.80. The quantitative estimate of drug-likeness (QED) is 0.121. The molecule has 0 saturated heterocycles. The number of hydrogen-bond donors (Lipinski definition) is 4. The smallest absolute Gasteiger partial charge is 0.249 e. The summed E-state index contributed by atoms with van der Waals surface area (Å²) in [6.45, 7) is 4.02. The van der Waals surface area contributed by atoms with Crippen LogP contribution in [0.3, 0.4) is 0 Å². The number of allylic oxidation sites excluding steroid dienone is 5. The lowest BCUT2D eigenvalue weighted by Crippen LogP contribution is -2.48. The van der Waals surface area contributed by atoms with E-state index in [1.165, 1.54) is 57.8 Å². The molecule has 0 bridgehead atoms. The van der Waals surface area contributed by atoms with E-state index in [-0.39, 0.29) is 6.61 Å². The molecule has 3 atom stereocenters. The Bertz CT molecular complexity index is 530. The molecule has 0 spiro atoms. The molecule has 1 amide bonds. The molecule has 0 radical (unpaired) electrons. The van der Waals surface area contributed by atoms with E-state index in [1.807, 2.05) is 12.2 Å². The monoisotopic (exact) mass is 465 g/mol. The zero-order chi connectivity index (χ0) is 24.6. The Morgan fingerprint density at radius 2 is 1.24 bits per heavy atom. The summed E-state index contributed by atoms with van der Waals surface area (Å²) in [6.07, 6.45) is 26.0. The number of aliphatic hydroxyl groups is 3. The van der Waals surface area contributed by atoms with Crippen molar-refractivity contribution in [3.05, 3.63) is 36.5 Å². The van der Waals surface area contributed by atoms with E-state index < -0.39 is 24.2 Å². The van der Waals surface area contributed by atoms with Gasteiger partial charge in [-0.3, -0.25) is 4.79 Å². The van der Waals surface area contributed by atoms with Gasteiger partial charge in [-0.1, -0.05) is 95.2 Å². The number of carbonyl (C=O) groups is 1. The molecule has 4 N–H and O–H groups in total. The Balaban J connectivity index is 4.04. The van der Waals surface area contributed by atoms with Crippen molar-refractivity contribution in [3.63, 3.8) is 0 Å². The summed E-state index contributed by atoms with van der Waals surface area (Å²) in [5.41, 5.74) is 0. The molecule has 5 nitrogen and oxygen atoms in total. The first kappa shape index (κ1) is 31.6. The molecular formula is C28H51NO4. The Labute approximate surface area is 203 Å². The van der Waals surface area contributed by atoms with Gasteiger partial charge in [-0.2, -0.15) is 0 Å². The second kappa shape index (κ2) is 23.7. The van der Waals surface area contributed by atoms with Crippen LogP contribution >= 0.6 is 0 Å². The molecule has 0 aliphatic carbocycles. The van der Waals surface area contributed by atoms with E-state index in [1.54, 1.807) is 6.08 Å². The highest BCUT2D eigenvalue weighted by Gasteiger charge is 2.22. The lowest BCUT2D eigenvalue weighted by molar-refractivity contribution is -0.131. The molecule has 0 aliphatic heterocycles. The molecule has 33 heavy (non-hydrogen) atoms. The molecule has 0 aromatic rings. The highest BCUT2D eigenvalue weighted by Crippen LogP contribution is 2.07. The minimum absolute atomic E-state index is 0.326. The van der Waals surface area contributed by atoms with Crippen LogP contribution in [0.2, 0.25) is 0 Å². The zero-order valence-electron chi connectivity index (χ0n) is 21.3. The summed E-state index contributed by atoms with van der Waals surface area (Å²) in [5.74, 6) is -0.556. The molecular weight excluding hydrogens is 414 g/mol. The maximum atomic E-state index is 12.2. The van der Waals surface area contributed by atoms with E-state index in [2.05, 4.69) is 37.4 Å². The first-order valence-corrected chi connectivity index (χ1v) is 13.3. The van der Waals surface area contributed by atoms with Crippen LogP contribution < -0.4 is 5.32 Å². The second-order valence-electron chi connectivity index (χ2n) is 8.88. The topological polar surface area (TPSA) is 89.8 Å². The third-order valence-electron chi connectivity index (χ3n) is 5.71. The van der Waals surface area contributed by atoms with Gasteiger partial charge in [0, 0.05) is 0 Å². The molecule has 0 heterocycles. The molecule has 0 fully saturated rings. The Hall–Kier alpha value is -1.43. The molecule has 5 heteroatoms. The van der Waals surface area contributed by atoms with Crippen LogP contribution in [0.25, 0.3) is 0 Å². The van der Waals surface area contributed by atoms with Crippen LogP contribution in [-0.2, 0) is 4.79 Å². The van der Waals surface area contributed by atoms with Gasteiger partial charge in [-0.05, 0) is 51.4 Å². The Morgan fingerprint density at radius 3 is 1.85 bits per heavy atom. The van der Waals surface area contributed by atoms with Crippen LogP contribution in [-0.4, -0.2) is 46.1 Å². The molecule has 0 rings (SSSR count). The van der Waals surface area contributed by atoms with Crippen molar-refractivity contribution in [2.24, 2.45) is 0 Å². The van der Waals surface area contributed by atoms with Crippen molar-refractivity contribution in [2.75, 3.05) is 6.61 Å². The number of nitrogens with one attached hydrogen (secondary N) is 1. The summed E-state index contributed by atoms with van der Waals surface area (Å²) in [7, 11) is 0. The van der Waals surface area contributed by atoms with Crippen molar-refractivity contribution in [1.29, 1.82) is 0 Å². The van der Waals surface area contributed by atoms with Gasteiger partial charge >= 0.3 is 0 Å². The Morgan fingerprint density at radius 1 is 0.727 bits per heavy atom. The van der Waals surface area contributed by atoms with Gasteiger partial charge in [0.2, 0.25) is 5.91 Å². The fraction of sp³-hybridized carbons (Fsp3) is 0.750. The van der Waals surface area contributed by atoms with Crippen molar-refractivity contribution >= 4 is 5.91 Å². The number of rotatable bonds is 22. The van der Waals surface area contributed by atoms with Crippen LogP contribution in [0.4, 0.5) is 0 Å². The molecule has 0 saturated carbocycles. The van der Waals surface area contributed by atoms with E-state index >= 15 is 0 Å². The average molecular weight is 466 g/mol. The molecule has 0 aromatic carbocycles. The highest BCUT2D eigenvalue weighted by atomic mass is 16.3. The Kier molecular flexibility index (Phi) is 22.7. The fourth-order valence-corrected chi connectivity index (χ4v) is 3.49. The van der Waals surface area contributed by atoms with E-state index in [4.69, 9.17) is 0 Å². The minimum atomic E-state index is -1.15. The molecule has 192 valence electrons. The lowest BCUT2D eigenvalue weighted by Gasteiger charge is -2.21. The summed E-state index contributed by atoms with van der Waals surface area (Å²) in [5, 5.41) is 32.4. The van der Waals surface area contributed by atoms with Crippen molar-refractivity contribution in [3.8, 4) is 0 Å². The average Bonchev–Trinajstić information content (AvgIpc) is 2.82. The summed E-state index contributed by atoms with van der Waals surface area (Å²) in [6, 6.07) is -0.823. The van der Waals surface area contributed by atoms with Crippen LogP contribution in [0.15, 0.2) is 36.5 Å². The van der Waals surface area contributed by atoms with Crippen molar-refractivity contribution < 1.29 is 20.1 Å². The SMILES string of the molecule is CCCCCC/C=C\CCC(O)C(=O)NC(CO)C(O)/C=C/CC/C=C/CCCCCCC. The standard InChI is InChI=1S/C28H51NO4/c1-3-5-7-9-11-13-14-15-17-18-20-22-26(31)25(24-30)29-28(33)27(32)23-21-19-16-12-10-8-6-4-2/h14-16,19-20,22,25-27,30-32H,3-13,17-18,21,23-24H2,1-2H3,(H,29,33)/b15-14+,19-16-,22-20+. The number of amides is 1.